The molecule has 0 radical (unpaired) electrons. The van der Waals surface area contributed by atoms with E-state index in [1.165, 1.54) is 65.5 Å². The van der Waals surface area contributed by atoms with Gasteiger partial charge in [-0.15, -0.1) is 0 Å². The standard InChI is InChI=1S/2C21H27Si2.C7H14Si.2CH3.Hf/c2*1-22(2,3)18-13-17(14-19(15-18)23(4,5)6)21-12-8-10-16-9-7-11-20(16)21;1-8-7-5-3-2-4-6-7;;;/h2*7-15H,1-6H3;7H,2-6H2,1H3;2*1H3;. The summed E-state index contributed by atoms with van der Waals surface area (Å²) in [5, 5.41) is 6.43. The Morgan fingerprint density at radius 2 is 0.842 bits per heavy atom. The molecule has 3 aliphatic rings. The van der Waals surface area contributed by atoms with Crippen molar-refractivity contribution in [3.8, 4) is 22.3 Å². The first-order valence-corrected chi connectivity index (χ1v) is 55.2. The van der Waals surface area contributed by atoms with Gasteiger partial charge in [0.15, 0.2) is 0 Å². The van der Waals surface area contributed by atoms with Crippen molar-refractivity contribution in [2.75, 3.05) is 0 Å². The average Bonchev–Trinajstić information content (AvgIpc) is 3.80. The van der Waals surface area contributed by atoms with Gasteiger partial charge < -0.3 is 0 Å². The van der Waals surface area contributed by atoms with E-state index in [1.54, 1.807) is 31.9 Å². The van der Waals surface area contributed by atoms with Crippen LogP contribution in [-0.2, 0) is 17.1 Å². The zero-order chi connectivity index (χ0) is 41.5. The molecule has 0 nitrogen and oxygen atoms in total. The quantitative estimate of drug-likeness (QED) is 0.147. The normalized spacial score (nSPS) is 19.2. The van der Waals surface area contributed by atoms with Gasteiger partial charge in [-0.1, -0.05) is 0 Å². The Bertz CT molecular complexity index is 2140. The minimum atomic E-state index is -4.03. The van der Waals surface area contributed by atoms with Crippen LogP contribution in [0.3, 0.4) is 0 Å². The zero-order valence-corrected chi connectivity index (χ0v) is 47.1. The molecule has 4 aromatic carbocycles. The van der Waals surface area contributed by atoms with Gasteiger partial charge in [-0.25, -0.2) is 0 Å². The van der Waals surface area contributed by atoms with E-state index in [9.17, 15) is 0 Å². The van der Waals surface area contributed by atoms with Gasteiger partial charge >= 0.3 is 357 Å². The molecule has 0 aromatic heterocycles. The minimum absolute atomic E-state index is 0.562. The van der Waals surface area contributed by atoms with E-state index in [4.69, 9.17) is 0 Å². The van der Waals surface area contributed by atoms with Gasteiger partial charge in [-0.05, 0) is 0 Å². The second kappa shape index (κ2) is 15.0. The molecule has 0 N–H and O–H groups in total. The predicted octanol–water partition coefficient (Wildman–Crippen LogP) is 13.8. The van der Waals surface area contributed by atoms with Crippen molar-refractivity contribution < 1.29 is 17.1 Å². The van der Waals surface area contributed by atoms with E-state index < -0.39 is 54.9 Å². The third-order valence-corrected chi connectivity index (χ3v) is 81.2. The summed E-state index contributed by atoms with van der Waals surface area (Å²) in [7, 11) is -6.06. The third-order valence-electron chi connectivity index (χ3n) is 15.2. The first-order valence-electron chi connectivity index (χ1n) is 22.4. The molecule has 0 amide bonds. The van der Waals surface area contributed by atoms with E-state index in [2.05, 4.69) is 192 Å². The Morgan fingerprint density at radius 3 is 1.18 bits per heavy atom. The van der Waals surface area contributed by atoms with E-state index >= 15 is 0 Å². The van der Waals surface area contributed by atoms with Crippen LogP contribution < -0.4 is 20.7 Å². The molecule has 57 heavy (non-hydrogen) atoms. The molecule has 0 heterocycles. The second-order valence-corrected chi connectivity index (χ2v) is 90.6. The van der Waals surface area contributed by atoms with Gasteiger partial charge in [0.25, 0.3) is 0 Å². The maximum atomic E-state index is 2.98. The van der Waals surface area contributed by atoms with Crippen molar-refractivity contribution in [2.45, 2.75) is 139 Å². The summed E-state index contributed by atoms with van der Waals surface area (Å²) in [5.41, 5.74) is 12.5. The summed E-state index contributed by atoms with van der Waals surface area (Å²) in [6, 6.07) is 30.5. The topological polar surface area (TPSA) is 0 Å². The molecule has 2 unspecified atom stereocenters. The van der Waals surface area contributed by atoms with E-state index in [0.29, 0.717) is 7.35 Å². The van der Waals surface area contributed by atoms with Gasteiger partial charge in [0.1, 0.15) is 0 Å². The van der Waals surface area contributed by atoms with Gasteiger partial charge in [0.2, 0.25) is 0 Å². The van der Waals surface area contributed by atoms with Crippen molar-refractivity contribution in [1.82, 2.24) is 0 Å². The van der Waals surface area contributed by atoms with Crippen LogP contribution >= 0.6 is 0 Å². The van der Waals surface area contributed by atoms with Crippen molar-refractivity contribution in [3.05, 3.63) is 107 Å². The Labute approximate surface area is 353 Å². The fourth-order valence-electron chi connectivity index (χ4n) is 10.9. The van der Waals surface area contributed by atoms with Crippen molar-refractivity contribution >= 4 is 70.7 Å². The Kier molecular flexibility index (Phi) is 11.5. The van der Waals surface area contributed by atoms with E-state index in [1.807, 2.05) is 0 Å². The van der Waals surface area contributed by atoms with E-state index in [0.717, 1.165) is 5.54 Å². The van der Waals surface area contributed by atoms with E-state index in [-0.39, 0.29) is 0 Å². The molecule has 6 heteroatoms. The number of hydrogen-bond acceptors (Lipinski definition) is 0. The Hall–Kier alpha value is -1.69. The SMILES string of the molecule is C[Si](C1CCCCC1)=[Hf]([CH3])([CH3])([CH]1C=Cc2c(-c3cc([Si](C)(C)C)cc([Si](C)(C)C)c3)cccc21)[CH]1C=Cc2c(-c3cc([Si](C)(C)C)cc([Si](C)(C)C)c3)cccc21. The molecule has 0 saturated heterocycles. The first kappa shape index (κ1) is 43.4. The molecular formula is C51H74HfSi5. The summed E-state index contributed by atoms with van der Waals surface area (Å²) in [5.74, 6) is 0. The van der Waals surface area contributed by atoms with Gasteiger partial charge in [0.05, 0.1) is 0 Å². The van der Waals surface area contributed by atoms with Crippen LogP contribution in [0.15, 0.2) is 84.9 Å². The Balaban J connectivity index is 1.43. The van der Waals surface area contributed by atoms with Gasteiger partial charge in [-0.2, -0.15) is 0 Å². The van der Waals surface area contributed by atoms with Crippen LogP contribution in [0.5, 0.6) is 0 Å². The number of hydrogen-bond donors (Lipinski definition) is 0. The van der Waals surface area contributed by atoms with Crippen LogP contribution in [0.1, 0.15) is 61.7 Å². The second-order valence-electron chi connectivity index (χ2n) is 23.5. The molecule has 0 aliphatic heterocycles. The van der Waals surface area contributed by atoms with Crippen LogP contribution in [0.4, 0.5) is 0 Å². The first-order chi connectivity index (χ1) is 26.4. The molecule has 0 bridgehead atoms. The number of benzene rings is 4. The molecule has 7 rings (SSSR count). The number of rotatable bonds is 9. The Morgan fingerprint density at radius 1 is 0.491 bits per heavy atom. The molecule has 2 atom stereocenters. The summed E-state index contributed by atoms with van der Waals surface area (Å²) in [4.78, 5) is 0. The molecule has 3 aliphatic carbocycles. The fourth-order valence-corrected chi connectivity index (χ4v) is 66.1. The molecule has 4 aromatic rings. The van der Waals surface area contributed by atoms with Crippen LogP contribution in [0, 0.1) is 0 Å². The maximum absolute atomic E-state index is 4.03. The summed E-state index contributed by atoms with van der Waals surface area (Å²) >= 11 is -4.03. The van der Waals surface area contributed by atoms with Crippen LogP contribution in [0.2, 0.25) is 100 Å². The molecule has 1 fully saturated rings. The molecule has 1 saturated carbocycles. The van der Waals surface area contributed by atoms with Crippen molar-refractivity contribution in [3.63, 3.8) is 0 Å². The monoisotopic (exact) mass is 1010 g/mol. The molecule has 0 spiro atoms. The predicted molar refractivity (Wildman–Crippen MR) is 269 cm³/mol. The van der Waals surface area contributed by atoms with Gasteiger partial charge in [-0.3, -0.25) is 0 Å². The summed E-state index contributed by atoms with van der Waals surface area (Å²) in [6.07, 6.45) is 18.0. The van der Waals surface area contributed by atoms with Crippen molar-refractivity contribution in [1.29, 1.82) is 0 Å². The summed E-state index contributed by atoms with van der Waals surface area (Å²) in [6.45, 7) is 33.1. The van der Waals surface area contributed by atoms with Crippen molar-refractivity contribution in [2.24, 2.45) is 0 Å². The zero-order valence-electron chi connectivity index (χ0n) is 38.5. The fraction of sp³-hybridized carbons (Fsp3) is 0.451. The third kappa shape index (κ3) is 8.00. The summed E-state index contributed by atoms with van der Waals surface area (Å²) < 4.78 is 7.09. The van der Waals surface area contributed by atoms with Crippen LogP contribution in [0.25, 0.3) is 34.4 Å². The average molecular weight is 1010 g/mol. The van der Waals surface area contributed by atoms with Gasteiger partial charge in [0, 0.05) is 0 Å². The number of fused-ring (bicyclic) bond motifs is 2. The number of allylic oxidation sites excluding steroid dienone is 2. The molecular weight excluding hydrogens is 931 g/mol. The van der Waals surface area contributed by atoms with Crippen LogP contribution in [-0.4, -0.2) is 37.8 Å². The molecule has 302 valence electrons.